The van der Waals surface area contributed by atoms with Crippen LogP contribution in [0.2, 0.25) is 0 Å². The van der Waals surface area contributed by atoms with Crippen molar-refractivity contribution in [2.75, 3.05) is 23.9 Å². The number of nitro groups is 1. The minimum Gasteiger partial charge on any atom is -0.378 e. The molecule has 0 heterocycles. The number of benzene rings is 1. The van der Waals surface area contributed by atoms with Gasteiger partial charge in [-0.2, -0.15) is 0 Å². The minimum absolute atomic E-state index is 0.0819. The first kappa shape index (κ1) is 16.3. The third kappa shape index (κ3) is 4.43. The molecule has 0 aromatic heterocycles. The van der Waals surface area contributed by atoms with E-state index in [2.05, 4.69) is 5.32 Å². The van der Waals surface area contributed by atoms with Crippen LogP contribution in [-0.4, -0.2) is 40.3 Å². The van der Waals surface area contributed by atoms with E-state index in [1.54, 1.807) is 0 Å². The van der Waals surface area contributed by atoms with Gasteiger partial charge in [-0.1, -0.05) is 6.07 Å². The number of sulfone groups is 1. The lowest BCUT2D eigenvalue weighted by atomic mass is 10.2. The van der Waals surface area contributed by atoms with Gasteiger partial charge in [0, 0.05) is 12.8 Å². The van der Waals surface area contributed by atoms with E-state index in [-0.39, 0.29) is 12.2 Å². The van der Waals surface area contributed by atoms with Crippen LogP contribution in [0.25, 0.3) is 0 Å². The molecule has 0 spiro atoms. The standard InChI is InChI=1S/C9H13N3O6S2/c1-19(15,16)8-4-2-3-7(9(8)12(13)14)11-5-6-20(10,17)18/h2-4,11H,5-6H2,1H3,(H2,10,17,18). The van der Waals surface area contributed by atoms with Gasteiger partial charge in [0.25, 0.3) is 0 Å². The third-order valence-electron chi connectivity index (χ3n) is 2.28. The Labute approximate surface area is 115 Å². The van der Waals surface area contributed by atoms with Crippen LogP contribution in [0.4, 0.5) is 11.4 Å². The lowest BCUT2D eigenvalue weighted by molar-refractivity contribution is -0.386. The quantitative estimate of drug-likeness (QED) is 0.539. The number of rotatable bonds is 6. The summed E-state index contributed by atoms with van der Waals surface area (Å²) in [6, 6.07) is 3.72. The number of nitrogens with two attached hydrogens (primary N) is 1. The largest absolute Gasteiger partial charge is 0.378 e. The normalized spacial score (nSPS) is 12.1. The van der Waals surface area contributed by atoms with Crippen molar-refractivity contribution in [2.24, 2.45) is 5.14 Å². The molecule has 11 heteroatoms. The smallest absolute Gasteiger partial charge is 0.310 e. The van der Waals surface area contributed by atoms with Gasteiger partial charge in [0.15, 0.2) is 9.84 Å². The zero-order chi connectivity index (χ0) is 15.6. The Morgan fingerprint density at radius 1 is 1.30 bits per heavy atom. The molecule has 0 saturated heterocycles. The van der Waals surface area contributed by atoms with Gasteiger partial charge < -0.3 is 5.32 Å². The second-order valence-corrected chi connectivity index (χ2v) is 7.69. The van der Waals surface area contributed by atoms with Crippen molar-refractivity contribution in [3.63, 3.8) is 0 Å². The summed E-state index contributed by atoms with van der Waals surface area (Å²) in [5.41, 5.74) is -0.703. The van der Waals surface area contributed by atoms with Crippen LogP contribution in [0.5, 0.6) is 0 Å². The van der Waals surface area contributed by atoms with Crippen molar-refractivity contribution in [3.05, 3.63) is 28.3 Å². The molecule has 0 bridgehead atoms. The number of hydrogen-bond donors (Lipinski definition) is 2. The number of para-hydroxylation sites is 1. The van der Waals surface area contributed by atoms with Crippen LogP contribution in [0.3, 0.4) is 0 Å². The van der Waals surface area contributed by atoms with Crippen LogP contribution in [-0.2, 0) is 19.9 Å². The van der Waals surface area contributed by atoms with E-state index >= 15 is 0 Å². The number of hydrogen-bond acceptors (Lipinski definition) is 7. The molecule has 0 atom stereocenters. The minimum atomic E-state index is -3.78. The summed E-state index contributed by atoms with van der Waals surface area (Å²) in [7, 11) is -7.50. The van der Waals surface area contributed by atoms with Gasteiger partial charge in [-0.3, -0.25) is 10.1 Å². The Morgan fingerprint density at radius 2 is 1.90 bits per heavy atom. The van der Waals surface area contributed by atoms with Crippen LogP contribution >= 0.6 is 0 Å². The van der Waals surface area contributed by atoms with E-state index in [0.29, 0.717) is 0 Å². The zero-order valence-electron chi connectivity index (χ0n) is 10.4. The summed E-state index contributed by atoms with van der Waals surface area (Å²) in [5, 5.41) is 18.3. The van der Waals surface area contributed by atoms with E-state index < -0.39 is 41.1 Å². The maximum absolute atomic E-state index is 11.5. The Bertz CT molecular complexity index is 726. The van der Waals surface area contributed by atoms with Gasteiger partial charge >= 0.3 is 5.69 Å². The van der Waals surface area contributed by atoms with Gasteiger partial charge in [0.2, 0.25) is 10.0 Å². The van der Waals surface area contributed by atoms with Crippen molar-refractivity contribution < 1.29 is 21.8 Å². The summed E-state index contributed by atoms with van der Waals surface area (Å²) in [6.45, 7) is -0.174. The highest BCUT2D eigenvalue weighted by Crippen LogP contribution is 2.31. The molecule has 1 rings (SSSR count). The summed E-state index contributed by atoms with van der Waals surface area (Å²) in [6.07, 6.45) is 0.851. The molecule has 0 amide bonds. The van der Waals surface area contributed by atoms with Crippen molar-refractivity contribution in [2.45, 2.75) is 4.90 Å². The topological polar surface area (TPSA) is 149 Å². The molecular formula is C9H13N3O6S2. The molecule has 3 N–H and O–H groups in total. The predicted octanol–water partition coefficient (Wildman–Crippen LogP) is -0.301. The predicted molar refractivity (Wildman–Crippen MR) is 72.7 cm³/mol. The number of nitrogens with zero attached hydrogens (tertiary/aromatic N) is 1. The Morgan fingerprint density at radius 3 is 2.35 bits per heavy atom. The first-order chi connectivity index (χ1) is 9.02. The molecule has 20 heavy (non-hydrogen) atoms. The average Bonchev–Trinajstić information content (AvgIpc) is 2.25. The van der Waals surface area contributed by atoms with Gasteiger partial charge in [0.1, 0.15) is 10.6 Å². The average molecular weight is 323 g/mol. The Hall–Kier alpha value is -1.72. The number of sulfonamides is 1. The first-order valence-corrected chi connectivity index (χ1v) is 8.85. The van der Waals surface area contributed by atoms with Crippen LogP contribution in [0, 0.1) is 10.1 Å². The highest BCUT2D eigenvalue weighted by Gasteiger charge is 2.25. The van der Waals surface area contributed by atoms with Gasteiger partial charge in [-0.15, -0.1) is 0 Å². The van der Waals surface area contributed by atoms with E-state index in [9.17, 15) is 26.9 Å². The molecule has 0 aliphatic carbocycles. The van der Waals surface area contributed by atoms with Crippen molar-refractivity contribution in [1.29, 1.82) is 0 Å². The Balaban J connectivity index is 3.18. The fourth-order valence-corrected chi connectivity index (χ4v) is 2.73. The molecule has 1 aromatic rings. The van der Waals surface area contributed by atoms with Crippen LogP contribution < -0.4 is 10.5 Å². The fourth-order valence-electron chi connectivity index (χ4n) is 1.48. The van der Waals surface area contributed by atoms with Crippen LogP contribution in [0.15, 0.2) is 23.1 Å². The summed E-state index contributed by atoms with van der Waals surface area (Å²) < 4.78 is 44.5. The third-order valence-corrected chi connectivity index (χ3v) is 4.18. The summed E-state index contributed by atoms with van der Waals surface area (Å²) >= 11 is 0. The number of nitro benzene ring substituents is 1. The Kier molecular flexibility index (Phi) is 4.68. The number of anilines is 1. The van der Waals surface area contributed by atoms with Crippen molar-refractivity contribution in [1.82, 2.24) is 0 Å². The molecule has 0 unspecified atom stereocenters. The van der Waals surface area contributed by atoms with E-state index in [1.807, 2.05) is 0 Å². The van der Waals surface area contributed by atoms with E-state index in [1.165, 1.54) is 12.1 Å². The molecule has 1 aromatic carbocycles. The maximum Gasteiger partial charge on any atom is 0.310 e. The number of primary sulfonamides is 1. The molecular weight excluding hydrogens is 310 g/mol. The monoisotopic (exact) mass is 323 g/mol. The zero-order valence-corrected chi connectivity index (χ0v) is 12.1. The molecule has 0 aliphatic rings. The first-order valence-electron chi connectivity index (χ1n) is 5.24. The van der Waals surface area contributed by atoms with Crippen molar-refractivity contribution in [3.8, 4) is 0 Å². The maximum atomic E-state index is 11.5. The molecule has 0 aliphatic heterocycles. The highest BCUT2D eigenvalue weighted by molar-refractivity contribution is 7.90. The fraction of sp³-hybridized carbons (Fsp3) is 0.333. The molecule has 112 valence electrons. The van der Waals surface area contributed by atoms with E-state index in [4.69, 9.17) is 5.14 Å². The highest BCUT2D eigenvalue weighted by atomic mass is 32.2. The lowest BCUT2D eigenvalue weighted by Crippen LogP contribution is -2.22. The van der Waals surface area contributed by atoms with Gasteiger partial charge in [-0.05, 0) is 12.1 Å². The molecule has 0 saturated carbocycles. The van der Waals surface area contributed by atoms with Crippen LogP contribution in [0.1, 0.15) is 0 Å². The summed E-state index contributed by atoms with van der Waals surface area (Å²) in [5.74, 6) is -0.437. The van der Waals surface area contributed by atoms with Gasteiger partial charge in [0.05, 0.1) is 10.7 Å². The van der Waals surface area contributed by atoms with Gasteiger partial charge in [-0.25, -0.2) is 22.0 Å². The number of nitrogens with one attached hydrogen (secondary N) is 1. The van der Waals surface area contributed by atoms with E-state index in [0.717, 1.165) is 12.3 Å². The molecule has 0 fully saturated rings. The van der Waals surface area contributed by atoms with Crippen molar-refractivity contribution >= 4 is 31.2 Å². The summed E-state index contributed by atoms with van der Waals surface area (Å²) in [4.78, 5) is 9.73. The molecule has 0 radical (unpaired) electrons. The lowest BCUT2D eigenvalue weighted by Gasteiger charge is -2.08. The second kappa shape index (κ2) is 5.73. The molecule has 9 nitrogen and oxygen atoms in total. The second-order valence-electron chi connectivity index (χ2n) is 3.98. The SMILES string of the molecule is CS(=O)(=O)c1cccc(NCCS(N)(=O)=O)c1[N+](=O)[O-].